The Bertz CT molecular complexity index is 520. The fourth-order valence-electron chi connectivity index (χ4n) is 1.76. The van der Waals surface area contributed by atoms with Gasteiger partial charge in [0.15, 0.2) is 0 Å². The molecule has 0 aliphatic carbocycles. The summed E-state index contributed by atoms with van der Waals surface area (Å²) < 4.78 is 4.66. The maximum atomic E-state index is 11.3. The van der Waals surface area contributed by atoms with E-state index in [1.807, 2.05) is 18.3 Å². The van der Waals surface area contributed by atoms with Gasteiger partial charge in [-0.3, -0.25) is 5.10 Å². The van der Waals surface area contributed by atoms with E-state index < -0.39 is 0 Å². The Labute approximate surface area is 112 Å². The number of benzene rings is 1. The van der Waals surface area contributed by atoms with Gasteiger partial charge in [-0.1, -0.05) is 12.1 Å². The summed E-state index contributed by atoms with van der Waals surface area (Å²) in [6, 6.07) is 7.60. The lowest BCUT2D eigenvalue weighted by atomic mass is 10.1. The number of hydrogen-bond donors (Lipinski definition) is 2. The average Bonchev–Trinajstić information content (AvgIpc) is 2.98. The number of hydrogen-bond acceptors (Lipinski definition) is 4. The van der Waals surface area contributed by atoms with E-state index in [9.17, 15) is 4.79 Å². The summed E-state index contributed by atoms with van der Waals surface area (Å²) in [5.74, 6) is -0.314. The standard InChI is InChI=1S/C14H17N3O2/c1-10(13-8-16-17-9-13)15-7-11-3-5-12(6-4-11)14(18)19-2/h3-6,8-10,15H,7H2,1-2H3,(H,16,17). The minimum atomic E-state index is -0.314. The number of nitrogens with one attached hydrogen (secondary N) is 2. The van der Waals surface area contributed by atoms with Gasteiger partial charge in [-0.05, 0) is 24.6 Å². The van der Waals surface area contributed by atoms with E-state index in [0.717, 1.165) is 17.7 Å². The summed E-state index contributed by atoms with van der Waals surface area (Å²) in [6.45, 7) is 2.81. The normalized spacial score (nSPS) is 12.1. The summed E-state index contributed by atoms with van der Waals surface area (Å²) in [6.07, 6.45) is 3.68. The summed E-state index contributed by atoms with van der Waals surface area (Å²) in [4.78, 5) is 11.3. The van der Waals surface area contributed by atoms with E-state index in [0.29, 0.717) is 5.56 Å². The van der Waals surface area contributed by atoms with Gasteiger partial charge in [0.05, 0.1) is 18.9 Å². The number of nitrogens with zero attached hydrogens (tertiary/aromatic N) is 1. The van der Waals surface area contributed by atoms with Crippen molar-refractivity contribution < 1.29 is 9.53 Å². The molecule has 1 heterocycles. The Hall–Kier alpha value is -2.14. The van der Waals surface area contributed by atoms with Gasteiger partial charge in [-0.15, -0.1) is 0 Å². The fraction of sp³-hybridized carbons (Fsp3) is 0.286. The van der Waals surface area contributed by atoms with Gasteiger partial charge in [0.2, 0.25) is 0 Å². The first-order valence-corrected chi connectivity index (χ1v) is 6.10. The van der Waals surface area contributed by atoms with Crippen molar-refractivity contribution in [1.29, 1.82) is 0 Å². The van der Waals surface area contributed by atoms with Crippen LogP contribution in [-0.4, -0.2) is 23.3 Å². The zero-order chi connectivity index (χ0) is 13.7. The highest BCUT2D eigenvalue weighted by Crippen LogP contribution is 2.11. The van der Waals surface area contributed by atoms with Crippen LogP contribution in [0.4, 0.5) is 0 Å². The number of aromatic nitrogens is 2. The lowest BCUT2D eigenvalue weighted by molar-refractivity contribution is 0.0600. The number of carbonyl (C=O) groups is 1. The van der Waals surface area contributed by atoms with Crippen molar-refractivity contribution in [2.24, 2.45) is 0 Å². The van der Waals surface area contributed by atoms with Crippen molar-refractivity contribution >= 4 is 5.97 Å². The number of methoxy groups -OCH3 is 1. The lowest BCUT2D eigenvalue weighted by Gasteiger charge is -2.12. The third-order valence-electron chi connectivity index (χ3n) is 3.01. The zero-order valence-electron chi connectivity index (χ0n) is 11.0. The van der Waals surface area contributed by atoms with Crippen molar-refractivity contribution in [3.63, 3.8) is 0 Å². The Morgan fingerprint density at radius 2 is 2.16 bits per heavy atom. The minimum absolute atomic E-state index is 0.221. The van der Waals surface area contributed by atoms with E-state index in [1.165, 1.54) is 7.11 Å². The summed E-state index contributed by atoms with van der Waals surface area (Å²) in [7, 11) is 1.38. The number of aromatic amines is 1. The van der Waals surface area contributed by atoms with Crippen LogP contribution in [0.2, 0.25) is 0 Å². The molecule has 5 heteroatoms. The summed E-state index contributed by atoms with van der Waals surface area (Å²) >= 11 is 0. The Morgan fingerprint density at radius 1 is 1.42 bits per heavy atom. The van der Waals surface area contributed by atoms with Gasteiger partial charge in [0.25, 0.3) is 0 Å². The van der Waals surface area contributed by atoms with Crippen LogP contribution in [-0.2, 0) is 11.3 Å². The maximum absolute atomic E-state index is 11.3. The first kappa shape index (κ1) is 13.3. The van der Waals surface area contributed by atoms with Crippen molar-refractivity contribution in [3.05, 3.63) is 53.3 Å². The van der Waals surface area contributed by atoms with E-state index in [4.69, 9.17) is 0 Å². The van der Waals surface area contributed by atoms with Crippen LogP contribution in [0.3, 0.4) is 0 Å². The molecule has 1 aromatic carbocycles. The molecule has 0 saturated heterocycles. The highest BCUT2D eigenvalue weighted by Gasteiger charge is 2.07. The third-order valence-corrected chi connectivity index (χ3v) is 3.01. The molecule has 2 aromatic rings. The van der Waals surface area contributed by atoms with E-state index in [1.54, 1.807) is 18.3 Å². The van der Waals surface area contributed by atoms with Gasteiger partial charge in [-0.25, -0.2) is 4.79 Å². The Morgan fingerprint density at radius 3 is 2.74 bits per heavy atom. The zero-order valence-corrected chi connectivity index (χ0v) is 11.0. The predicted octanol–water partition coefficient (Wildman–Crippen LogP) is 2.05. The first-order chi connectivity index (χ1) is 9.20. The van der Waals surface area contributed by atoms with Crippen LogP contribution in [0, 0.1) is 0 Å². The monoisotopic (exact) mass is 259 g/mol. The molecule has 0 fully saturated rings. The average molecular weight is 259 g/mol. The minimum Gasteiger partial charge on any atom is -0.465 e. The van der Waals surface area contributed by atoms with E-state index >= 15 is 0 Å². The Balaban J connectivity index is 1.91. The number of rotatable bonds is 5. The molecule has 0 saturated carbocycles. The molecule has 100 valence electrons. The van der Waals surface area contributed by atoms with Crippen LogP contribution >= 0.6 is 0 Å². The molecule has 1 unspecified atom stereocenters. The molecular weight excluding hydrogens is 242 g/mol. The maximum Gasteiger partial charge on any atom is 0.337 e. The summed E-state index contributed by atoms with van der Waals surface area (Å²) in [5, 5.41) is 10.1. The van der Waals surface area contributed by atoms with Crippen molar-refractivity contribution in [1.82, 2.24) is 15.5 Å². The van der Waals surface area contributed by atoms with Crippen LogP contribution in [0.15, 0.2) is 36.7 Å². The van der Waals surface area contributed by atoms with Gasteiger partial charge >= 0.3 is 5.97 Å². The fourth-order valence-corrected chi connectivity index (χ4v) is 1.76. The number of esters is 1. The Kier molecular flexibility index (Phi) is 4.30. The smallest absolute Gasteiger partial charge is 0.337 e. The topological polar surface area (TPSA) is 67.0 Å². The molecule has 1 aromatic heterocycles. The van der Waals surface area contributed by atoms with E-state index in [-0.39, 0.29) is 12.0 Å². The SMILES string of the molecule is COC(=O)c1ccc(CNC(C)c2cn[nH]c2)cc1. The molecular formula is C14H17N3O2. The number of H-pyrrole nitrogens is 1. The third kappa shape index (κ3) is 3.42. The molecule has 5 nitrogen and oxygen atoms in total. The predicted molar refractivity (Wildman–Crippen MR) is 71.6 cm³/mol. The quantitative estimate of drug-likeness (QED) is 0.806. The molecule has 19 heavy (non-hydrogen) atoms. The summed E-state index contributed by atoms with van der Waals surface area (Å²) in [5.41, 5.74) is 2.79. The second-order valence-corrected chi connectivity index (χ2v) is 4.32. The van der Waals surface area contributed by atoms with Gasteiger partial charge in [-0.2, -0.15) is 5.10 Å². The second kappa shape index (κ2) is 6.15. The van der Waals surface area contributed by atoms with Crippen LogP contribution in [0.25, 0.3) is 0 Å². The van der Waals surface area contributed by atoms with Crippen molar-refractivity contribution in [3.8, 4) is 0 Å². The number of carbonyl (C=O) groups excluding carboxylic acids is 1. The highest BCUT2D eigenvalue weighted by molar-refractivity contribution is 5.89. The van der Waals surface area contributed by atoms with Gasteiger partial charge in [0, 0.05) is 24.3 Å². The molecule has 0 aliphatic heterocycles. The van der Waals surface area contributed by atoms with Gasteiger partial charge < -0.3 is 10.1 Å². The number of ether oxygens (including phenoxy) is 1. The first-order valence-electron chi connectivity index (χ1n) is 6.10. The molecule has 1 atom stereocenters. The molecule has 0 amide bonds. The molecule has 2 rings (SSSR count). The highest BCUT2D eigenvalue weighted by atomic mass is 16.5. The molecule has 0 aliphatic rings. The van der Waals surface area contributed by atoms with Crippen LogP contribution < -0.4 is 5.32 Å². The second-order valence-electron chi connectivity index (χ2n) is 4.32. The molecule has 0 spiro atoms. The molecule has 2 N–H and O–H groups in total. The molecule has 0 bridgehead atoms. The van der Waals surface area contributed by atoms with Crippen LogP contribution in [0.5, 0.6) is 0 Å². The van der Waals surface area contributed by atoms with Crippen molar-refractivity contribution in [2.45, 2.75) is 19.5 Å². The van der Waals surface area contributed by atoms with Gasteiger partial charge in [0.1, 0.15) is 0 Å². The largest absolute Gasteiger partial charge is 0.465 e. The lowest BCUT2D eigenvalue weighted by Crippen LogP contribution is -2.17. The van der Waals surface area contributed by atoms with Crippen molar-refractivity contribution in [2.75, 3.05) is 7.11 Å². The van der Waals surface area contributed by atoms with Crippen LogP contribution in [0.1, 0.15) is 34.5 Å². The molecule has 0 radical (unpaired) electrons. The van der Waals surface area contributed by atoms with E-state index in [2.05, 4.69) is 27.2 Å².